The molecule has 0 saturated heterocycles. The molecule has 0 aliphatic rings. The van der Waals surface area contributed by atoms with Gasteiger partial charge in [0, 0.05) is 37.0 Å². The van der Waals surface area contributed by atoms with Gasteiger partial charge in [-0.2, -0.15) is 13.2 Å². The molecular weight excluding hydrogens is 615 g/mol. The Hall–Kier alpha value is -3.57. The number of halogens is 4. The van der Waals surface area contributed by atoms with E-state index in [9.17, 15) is 31.2 Å². The number of alkyl halides is 3. The molecule has 0 aliphatic carbocycles. The van der Waals surface area contributed by atoms with E-state index in [-0.39, 0.29) is 50.0 Å². The van der Waals surface area contributed by atoms with Gasteiger partial charge in [0.2, 0.25) is 21.8 Å². The van der Waals surface area contributed by atoms with Crippen molar-refractivity contribution in [2.24, 2.45) is 0 Å². The topological polar surface area (TPSA) is 86.8 Å². The van der Waals surface area contributed by atoms with Crippen molar-refractivity contribution >= 4 is 39.1 Å². The maximum Gasteiger partial charge on any atom is 0.416 e. The summed E-state index contributed by atoms with van der Waals surface area (Å²) in [6, 6.07) is 19.2. The zero-order chi connectivity index (χ0) is 32.5. The van der Waals surface area contributed by atoms with E-state index >= 15 is 0 Å². The monoisotopic (exact) mass is 651 g/mol. The van der Waals surface area contributed by atoms with Crippen LogP contribution in [0.2, 0.25) is 5.02 Å². The molecule has 0 unspecified atom stereocenters. The van der Waals surface area contributed by atoms with Gasteiger partial charge in [-0.05, 0) is 61.2 Å². The minimum atomic E-state index is -4.65. The van der Waals surface area contributed by atoms with Crippen LogP contribution in [0.5, 0.6) is 0 Å². The second kappa shape index (κ2) is 15.4. The lowest BCUT2D eigenvalue weighted by Gasteiger charge is -2.32. The molecule has 1 N–H and O–H groups in total. The van der Waals surface area contributed by atoms with E-state index < -0.39 is 33.7 Å². The Morgan fingerprint density at radius 2 is 1.61 bits per heavy atom. The normalized spacial score (nSPS) is 13.2. The van der Waals surface area contributed by atoms with Gasteiger partial charge in [0.15, 0.2) is 0 Å². The Morgan fingerprint density at radius 3 is 2.20 bits per heavy atom. The Kier molecular flexibility index (Phi) is 12.2. The van der Waals surface area contributed by atoms with E-state index in [1.54, 1.807) is 24.3 Å². The van der Waals surface area contributed by atoms with Crippen molar-refractivity contribution in [1.82, 2.24) is 10.2 Å². The number of carbonyl (C=O) groups is 2. The van der Waals surface area contributed by atoms with Crippen LogP contribution >= 0.6 is 11.6 Å². The summed E-state index contributed by atoms with van der Waals surface area (Å²) in [5.41, 5.74) is 0.449. The Balaban J connectivity index is 1.90. The molecule has 44 heavy (non-hydrogen) atoms. The molecule has 3 rings (SSSR count). The van der Waals surface area contributed by atoms with Crippen LogP contribution in [0.3, 0.4) is 0 Å². The average Bonchev–Trinajstić information content (AvgIpc) is 2.97. The van der Waals surface area contributed by atoms with Crippen LogP contribution in [0, 0.1) is 0 Å². The lowest BCUT2D eigenvalue weighted by atomic mass is 10.0. The van der Waals surface area contributed by atoms with Gasteiger partial charge >= 0.3 is 6.18 Å². The van der Waals surface area contributed by atoms with Crippen molar-refractivity contribution in [3.8, 4) is 0 Å². The molecule has 0 aliphatic heterocycles. The maximum atomic E-state index is 13.9. The van der Waals surface area contributed by atoms with Crippen LogP contribution in [-0.2, 0) is 38.8 Å². The molecule has 7 nitrogen and oxygen atoms in total. The number of anilines is 1. The summed E-state index contributed by atoms with van der Waals surface area (Å²) in [5, 5.41) is 3.49. The van der Waals surface area contributed by atoms with Gasteiger partial charge in [-0.25, -0.2) is 8.42 Å². The number of amides is 2. The predicted molar refractivity (Wildman–Crippen MR) is 167 cm³/mol. The van der Waals surface area contributed by atoms with E-state index in [2.05, 4.69) is 5.32 Å². The summed E-state index contributed by atoms with van der Waals surface area (Å²) >= 11 is 6.06. The number of carbonyl (C=O) groups excluding carboxylic acids is 2. The smallest absolute Gasteiger partial charge is 0.352 e. The molecule has 2 amide bonds. The van der Waals surface area contributed by atoms with Gasteiger partial charge < -0.3 is 10.2 Å². The molecule has 0 aromatic heterocycles. The highest BCUT2D eigenvalue weighted by Crippen LogP contribution is 2.32. The van der Waals surface area contributed by atoms with Gasteiger partial charge in [-0.15, -0.1) is 0 Å². The molecule has 0 bridgehead atoms. The zero-order valence-electron chi connectivity index (χ0n) is 24.9. The summed E-state index contributed by atoms with van der Waals surface area (Å²) < 4.78 is 66.0. The van der Waals surface area contributed by atoms with E-state index in [4.69, 9.17) is 11.6 Å². The van der Waals surface area contributed by atoms with E-state index in [0.717, 1.165) is 39.9 Å². The minimum Gasteiger partial charge on any atom is -0.352 e. The van der Waals surface area contributed by atoms with Crippen LogP contribution < -0.4 is 9.62 Å². The number of sulfonamides is 1. The number of nitrogens with zero attached hydrogens (tertiary/aromatic N) is 2. The third-order valence-corrected chi connectivity index (χ3v) is 8.60. The second-order valence-electron chi connectivity index (χ2n) is 10.7. The third-order valence-electron chi connectivity index (χ3n) is 7.15. The zero-order valence-corrected chi connectivity index (χ0v) is 26.4. The molecule has 0 heterocycles. The molecule has 3 aromatic rings. The van der Waals surface area contributed by atoms with Crippen molar-refractivity contribution < 1.29 is 31.2 Å². The van der Waals surface area contributed by atoms with Crippen LogP contribution in [0.25, 0.3) is 0 Å². The minimum absolute atomic E-state index is 0.00427. The van der Waals surface area contributed by atoms with Crippen LogP contribution in [0.1, 0.15) is 49.8 Å². The molecule has 0 fully saturated rings. The van der Waals surface area contributed by atoms with Gasteiger partial charge in [-0.3, -0.25) is 13.9 Å². The van der Waals surface area contributed by atoms with Crippen LogP contribution in [0.15, 0.2) is 78.9 Å². The Morgan fingerprint density at radius 1 is 0.955 bits per heavy atom. The van der Waals surface area contributed by atoms with E-state index in [0.29, 0.717) is 11.4 Å². The standard InChI is InChI=1S/C32H37ClF3N3O4S/c1-4-23(2)37-31(41)29(20-24-10-6-5-7-11-24)38(22-25-15-17-27(33)18-16-25)30(40)14-9-19-39(44(3,42)43)28-13-8-12-26(21-28)32(34,35)36/h5-8,10-13,15-18,21,23,29H,4,9,14,19-20,22H2,1-3H3,(H,37,41)/t23-,29+/m1/s1. The lowest BCUT2D eigenvalue weighted by molar-refractivity contribution is -0.141. The van der Waals surface area contributed by atoms with E-state index in [1.807, 2.05) is 44.2 Å². The fraction of sp³-hybridized carbons (Fsp3) is 0.375. The molecule has 0 radical (unpaired) electrons. The molecule has 2 atom stereocenters. The SMILES string of the molecule is CC[C@@H](C)NC(=O)[C@H](Cc1ccccc1)N(Cc1ccc(Cl)cc1)C(=O)CCCN(c1cccc(C(F)(F)F)c1)S(C)(=O)=O. The first kappa shape index (κ1) is 34.9. The average molecular weight is 652 g/mol. The van der Waals surface area contributed by atoms with Gasteiger partial charge in [0.1, 0.15) is 6.04 Å². The van der Waals surface area contributed by atoms with Crippen molar-refractivity contribution in [3.05, 3.63) is 101 Å². The summed E-state index contributed by atoms with van der Waals surface area (Å²) in [6.07, 6.45) is -2.98. The molecular formula is C32H37ClF3N3O4S. The molecule has 238 valence electrons. The highest BCUT2D eigenvalue weighted by atomic mass is 35.5. The number of nitrogens with one attached hydrogen (secondary N) is 1. The van der Waals surface area contributed by atoms with E-state index in [1.165, 1.54) is 11.0 Å². The lowest BCUT2D eigenvalue weighted by Crippen LogP contribution is -2.52. The van der Waals surface area contributed by atoms with Crippen LogP contribution in [-0.4, -0.2) is 50.0 Å². The second-order valence-corrected chi connectivity index (χ2v) is 13.0. The Bertz CT molecular complexity index is 1500. The number of hydrogen-bond acceptors (Lipinski definition) is 4. The number of rotatable bonds is 14. The van der Waals surface area contributed by atoms with Crippen molar-refractivity contribution in [2.45, 2.75) is 64.3 Å². The highest BCUT2D eigenvalue weighted by Gasteiger charge is 2.33. The number of benzene rings is 3. The van der Waals surface area contributed by atoms with Crippen molar-refractivity contribution in [2.75, 3.05) is 17.1 Å². The number of hydrogen-bond donors (Lipinski definition) is 1. The van der Waals surface area contributed by atoms with Gasteiger partial charge in [-0.1, -0.05) is 67.1 Å². The fourth-order valence-electron chi connectivity index (χ4n) is 4.62. The first-order chi connectivity index (χ1) is 20.7. The summed E-state index contributed by atoms with van der Waals surface area (Å²) in [7, 11) is -3.97. The largest absolute Gasteiger partial charge is 0.416 e. The molecule has 3 aromatic carbocycles. The first-order valence-electron chi connectivity index (χ1n) is 14.2. The van der Waals surface area contributed by atoms with Crippen molar-refractivity contribution in [1.29, 1.82) is 0 Å². The quantitative estimate of drug-likeness (QED) is 0.217. The maximum absolute atomic E-state index is 13.9. The van der Waals surface area contributed by atoms with Crippen molar-refractivity contribution in [3.63, 3.8) is 0 Å². The first-order valence-corrected chi connectivity index (χ1v) is 16.4. The highest BCUT2D eigenvalue weighted by molar-refractivity contribution is 7.92. The molecule has 0 spiro atoms. The summed E-state index contributed by atoms with van der Waals surface area (Å²) in [4.78, 5) is 29.0. The predicted octanol–water partition coefficient (Wildman–Crippen LogP) is 6.46. The fourth-order valence-corrected chi connectivity index (χ4v) is 5.71. The summed E-state index contributed by atoms with van der Waals surface area (Å²) in [5.74, 6) is -0.732. The van der Waals surface area contributed by atoms with Crippen LogP contribution in [0.4, 0.5) is 18.9 Å². The summed E-state index contributed by atoms with van der Waals surface area (Å²) in [6.45, 7) is 3.66. The third kappa shape index (κ3) is 10.3. The Labute approximate surface area is 262 Å². The molecule has 12 heteroatoms. The molecule has 0 saturated carbocycles. The van der Waals surface area contributed by atoms with Gasteiger partial charge in [0.05, 0.1) is 17.5 Å². The van der Waals surface area contributed by atoms with Gasteiger partial charge in [0.25, 0.3) is 0 Å².